The lowest BCUT2D eigenvalue weighted by atomic mass is 10.1. The van der Waals surface area contributed by atoms with Crippen LogP contribution in [0.1, 0.15) is 22.0 Å². The lowest BCUT2D eigenvalue weighted by molar-refractivity contribution is -0.120. The number of fused-ring (bicyclic) bond motifs is 1. The predicted octanol–water partition coefficient (Wildman–Crippen LogP) is -0.447. The highest BCUT2D eigenvalue weighted by Gasteiger charge is 2.24. The van der Waals surface area contributed by atoms with Crippen molar-refractivity contribution in [3.05, 3.63) is 64.1 Å². The van der Waals surface area contributed by atoms with Crippen LogP contribution in [0.3, 0.4) is 0 Å². The molecule has 11 nitrogen and oxygen atoms in total. The maximum absolute atomic E-state index is 12.9. The van der Waals surface area contributed by atoms with Crippen molar-refractivity contribution >= 4 is 35.2 Å². The molecule has 1 atom stereocenters. The van der Waals surface area contributed by atoms with Gasteiger partial charge >= 0.3 is 0 Å². The fourth-order valence-corrected chi connectivity index (χ4v) is 3.52. The van der Waals surface area contributed by atoms with Crippen LogP contribution in [-0.4, -0.2) is 64.3 Å². The number of benzene rings is 1. The first-order valence-electron chi connectivity index (χ1n) is 9.96. The first kappa shape index (κ1) is 21.0. The molecule has 1 saturated heterocycles. The molecule has 32 heavy (non-hydrogen) atoms. The van der Waals surface area contributed by atoms with Crippen LogP contribution in [0.25, 0.3) is 11.0 Å². The van der Waals surface area contributed by atoms with Crippen LogP contribution in [0.15, 0.2) is 47.5 Å². The number of nitrogens with zero attached hydrogens (tertiary/aromatic N) is 4. The van der Waals surface area contributed by atoms with Crippen LogP contribution in [0, 0.1) is 0 Å². The van der Waals surface area contributed by atoms with Gasteiger partial charge in [0, 0.05) is 38.6 Å². The van der Waals surface area contributed by atoms with Crippen molar-refractivity contribution in [2.45, 2.75) is 6.04 Å². The summed E-state index contributed by atoms with van der Waals surface area (Å²) in [5.74, 6) is -1.06. The van der Waals surface area contributed by atoms with E-state index in [-0.39, 0.29) is 16.6 Å². The number of H-pyrrole nitrogens is 1. The third kappa shape index (κ3) is 4.13. The number of amides is 3. The minimum absolute atomic E-state index is 0.142. The second kappa shape index (κ2) is 8.84. The van der Waals surface area contributed by atoms with Crippen LogP contribution in [-0.2, 0) is 9.59 Å². The molecule has 1 aliphatic rings. The molecule has 1 aliphatic heterocycles. The van der Waals surface area contributed by atoms with Gasteiger partial charge < -0.3 is 25.8 Å². The van der Waals surface area contributed by atoms with E-state index >= 15 is 0 Å². The van der Waals surface area contributed by atoms with Crippen molar-refractivity contribution in [1.82, 2.24) is 25.2 Å². The molecule has 2 aromatic heterocycles. The highest BCUT2D eigenvalue weighted by Crippen LogP contribution is 2.15. The number of carbonyl (C=O) groups excluding carboxylic acids is 3. The molecular weight excluding hydrogens is 414 g/mol. The van der Waals surface area contributed by atoms with E-state index in [0.717, 1.165) is 6.41 Å². The SMILES string of the molecule is NC(=O)C(NC(=O)c1c[nH]c2nc(N3CCN(C=O)CC3)ncc2c1=O)c1ccccc1. The topological polar surface area (TPSA) is 154 Å². The number of hydrogen-bond donors (Lipinski definition) is 3. The van der Waals surface area contributed by atoms with Gasteiger partial charge in [-0.2, -0.15) is 4.98 Å². The number of nitrogens with two attached hydrogens (primary N) is 1. The number of primary amides is 1. The Kier molecular flexibility index (Phi) is 5.79. The summed E-state index contributed by atoms with van der Waals surface area (Å²) in [5, 5.41) is 2.65. The second-order valence-corrected chi connectivity index (χ2v) is 7.31. The molecule has 4 rings (SSSR count). The zero-order valence-electron chi connectivity index (χ0n) is 17.0. The van der Waals surface area contributed by atoms with Crippen molar-refractivity contribution in [2.75, 3.05) is 31.1 Å². The van der Waals surface area contributed by atoms with Crippen LogP contribution in [0.2, 0.25) is 0 Å². The normalized spacial score (nSPS) is 14.8. The molecule has 0 saturated carbocycles. The van der Waals surface area contributed by atoms with E-state index in [1.54, 1.807) is 35.2 Å². The van der Waals surface area contributed by atoms with Gasteiger partial charge in [0.05, 0.1) is 5.39 Å². The third-order valence-electron chi connectivity index (χ3n) is 5.30. The van der Waals surface area contributed by atoms with Gasteiger partial charge in [-0.1, -0.05) is 30.3 Å². The van der Waals surface area contributed by atoms with Gasteiger partial charge in [0.25, 0.3) is 5.91 Å². The van der Waals surface area contributed by atoms with Crippen LogP contribution < -0.4 is 21.4 Å². The molecule has 4 N–H and O–H groups in total. The van der Waals surface area contributed by atoms with E-state index in [4.69, 9.17) is 5.73 Å². The molecule has 0 bridgehead atoms. The number of carbonyl (C=O) groups is 3. The Morgan fingerprint density at radius 2 is 1.88 bits per heavy atom. The number of pyridine rings is 1. The summed E-state index contributed by atoms with van der Waals surface area (Å²) in [6, 6.07) is 7.44. The van der Waals surface area contributed by atoms with E-state index in [1.165, 1.54) is 12.4 Å². The van der Waals surface area contributed by atoms with Crippen molar-refractivity contribution in [2.24, 2.45) is 5.73 Å². The van der Waals surface area contributed by atoms with Gasteiger partial charge in [0.2, 0.25) is 23.7 Å². The molecule has 11 heteroatoms. The summed E-state index contributed by atoms with van der Waals surface area (Å²) < 4.78 is 0. The Balaban J connectivity index is 1.58. The van der Waals surface area contributed by atoms with Gasteiger partial charge in [0.1, 0.15) is 17.3 Å². The van der Waals surface area contributed by atoms with E-state index in [1.807, 2.05) is 4.90 Å². The molecule has 0 radical (unpaired) electrons. The van der Waals surface area contributed by atoms with Gasteiger partial charge in [-0.05, 0) is 5.56 Å². The fourth-order valence-electron chi connectivity index (χ4n) is 3.52. The number of hydrogen-bond acceptors (Lipinski definition) is 7. The van der Waals surface area contributed by atoms with Gasteiger partial charge in [-0.15, -0.1) is 0 Å². The van der Waals surface area contributed by atoms with E-state index in [0.29, 0.717) is 37.7 Å². The summed E-state index contributed by atoms with van der Waals surface area (Å²) in [5.41, 5.74) is 5.48. The average molecular weight is 435 g/mol. The van der Waals surface area contributed by atoms with Crippen molar-refractivity contribution in [3.63, 3.8) is 0 Å². The van der Waals surface area contributed by atoms with Gasteiger partial charge in [-0.25, -0.2) is 4.98 Å². The molecule has 164 valence electrons. The Morgan fingerprint density at radius 1 is 1.16 bits per heavy atom. The number of aromatic amines is 1. The maximum atomic E-state index is 12.9. The van der Waals surface area contributed by atoms with E-state index in [9.17, 15) is 19.2 Å². The van der Waals surface area contributed by atoms with Crippen molar-refractivity contribution in [3.8, 4) is 0 Å². The zero-order valence-corrected chi connectivity index (χ0v) is 17.0. The number of rotatable bonds is 6. The summed E-state index contributed by atoms with van der Waals surface area (Å²) in [6.07, 6.45) is 3.43. The average Bonchev–Trinajstić information content (AvgIpc) is 2.82. The summed E-state index contributed by atoms with van der Waals surface area (Å²) in [7, 11) is 0. The molecule has 3 heterocycles. The largest absolute Gasteiger partial charge is 0.368 e. The highest BCUT2D eigenvalue weighted by atomic mass is 16.2. The van der Waals surface area contributed by atoms with Crippen LogP contribution in [0.5, 0.6) is 0 Å². The van der Waals surface area contributed by atoms with E-state index < -0.39 is 23.3 Å². The molecule has 3 aromatic rings. The number of nitrogens with one attached hydrogen (secondary N) is 2. The molecular formula is C21H21N7O4. The van der Waals surface area contributed by atoms with Gasteiger partial charge in [-0.3, -0.25) is 19.2 Å². The Hall–Kier alpha value is -4.28. The standard InChI is InChI=1S/C21H21N7O4/c22-18(31)16(13-4-2-1-3-5-13)25-20(32)15-11-23-19-14(17(15)30)10-24-21(26-19)28-8-6-27(12-29)7-9-28/h1-5,10-12,16H,6-9H2,(H2,22,31)(H,25,32)(H,23,24,26,30). The Morgan fingerprint density at radius 3 is 2.53 bits per heavy atom. The molecule has 0 aliphatic carbocycles. The Bertz CT molecular complexity index is 1220. The van der Waals surface area contributed by atoms with Gasteiger partial charge in [0.15, 0.2) is 0 Å². The minimum Gasteiger partial charge on any atom is -0.368 e. The highest BCUT2D eigenvalue weighted by molar-refractivity contribution is 5.99. The first-order valence-corrected chi connectivity index (χ1v) is 9.96. The summed E-state index contributed by atoms with van der Waals surface area (Å²) >= 11 is 0. The van der Waals surface area contributed by atoms with Crippen LogP contribution in [0.4, 0.5) is 5.95 Å². The second-order valence-electron chi connectivity index (χ2n) is 7.31. The zero-order chi connectivity index (χ0) is 22.7. The summed E-state index contributed by atoms with van der Waals surface area (Å²) in [6.45, 7) is 2.26. The maximum Gasteiger partial charge on any atom is 0.257 e. The quantitative estimate of drug-likeness (QED) is 0.443. The fraction of sp³-hybridized carbons (Fsp3) is 0.238. The number of anilines is 1. The minimum atomic E-state index is -1.08. The smallest absolute Gasteiger partial charge is 0.257 e. The molecule has 1 aromatic carbocycles. The predicted molar refractivity (Wildman–Crippen MR) is 116 cm³/mol. The molecule has 1 unspecified atom stereocenters. The molecule has 3 amide bonds. The first-order chi connectivity index (χ1) is 15.5. The molecule has 0 spiro atoms. The van der Waals surface area contributed by atoms with Crippen molar-refractivity contribution in [1.29, 1.82) is 0 Å². The van der Waals surface area contributed by atoms with Crippen LogP contribution >= 0.6 is 0 Å². The summed E-state index contributed by atoms with van der Waals surface area (Å²) in [4.78, 5) is 63.5. The lowest BCUT2D eigenvalue weighted by Crippen LogP contribution is -2.46. The number of aromatic nitrogens is 3. The Labute approximate surface area is 182 Å². The third-order valence-corrected chi connectivity index (χ3v) is 5.30. The monoisotopic (exact) mass is 435 g/mol. The van der Waals surface area contributed by atoms with E-state index in [2.05, 4.69) is 20.3 Å². The number of piperazine rings is 1. The van der Waals surface area contributed by atoms with Crippen molar-refractivity contribution < 1.29 is 14.4 Å². The molecule has 1 fully saturated rings. The lowest BCUT2D eigenvalue weighted by Gasteiger charge is -2.32.